The fourth-order valence-corrected chi connectivity index (χ4v) is 11.2. The van der Waals surface area contributed by atoms with Gasteiger partial charge in [0.05, 0.1) is 15.9 Å². The summed E-state index contributed by atoms with van der Waals surface area (Å²) in [5.41, 5.74) is 5.76. The van der Waals surface area contributed by atoms with E-state index >= 15 is 0 Å². The van der Waals surface area contributed by atoms with Crippen LogP contribution >= 0.6 is 0 Å². The minimum Gasteiger partial charge on any atom is -0.501 e. The number of ether oxygens (including phenoxy) is 2. The van der Waals surface area contributed by atoms with Crippen molar-refractivity contribution in [1.82, 2.24) is 0 Å². The van der Waals surface area contributed by atoms with E-state index in [-0.39, 0.29) is 11.0 Å². The molecule has 1 aliphatic carbocycles. The molecule has 0 heterocycles. The third kappa shape index (κ3) is 4.27. The molecule has 0 N–H and O–H groups in total. The van der Waals surface area contributed by atoms with E-state index in [0.29, 0.717) is 6.61 Å². The van der Waals surface area contributed by atoms with E-state index in [1.807, 2.05) is 13.2 Å². The average Bonchev–Trinajstić information content (AvgIpc) is 3.10. The summed E-state index contributed by atoms with van der Waals surface area (Å²) in [5, 5.41) is 2.95. The SMILES string of the molecule is C=CCOc1c([Si](C)(C)C2C(OC)=Cc3ccccc32)cc(C)c([SiH](C)C)c1C(C)(C)C. The van der Waals surface area contributed by atoms with Crippen LogP contribution in [0.2, 0.25) is 26.2 Å². The second kappa shape index (κ2) is 9.07. The smallest absolute Gasteiger partial charge is 0.122 e. The third-order valence-corrected chi connectivity index (χ3v) is 12.4. The second-order valence-corrected chi connectivity index (χ2v) is 18.3. The lowest BCUT2D eigenvalue weighted by Gasteiger charge is -2.38. The van der Waals surface area contributed by atoms with E-state index in [4.69, 9.17) is 9.47 Å². The number of methoxy groups -OCH3 is 1. The number of benzene rings is 2. The highest BCUT2D eigenvalue weighted by atomic mass is 28.3. The van der Waals surface area contributed by atoms with Crippen LogP contribution in [0.1, 0.15) is 48.6 Å². The largest absolute Gasteiger partial charge is 0.501 e. The number of allylic oxidation sites excluding steroid dienone is 1. The summed E-state index contributed by atoms with van der Waals surface area (Å²) in [4.78, 5) is 0. The van der Waals surface area contributed by atoms with Crippen LogP contribution in [0, 0.1) is 6.92 Å². The second-order valence-electron chi connectivity index (χ2n) is 10.9. The van der Waals surface area contributed by atoms with E-state index in [2.05, 4.69) is 96.9 Å². The van der Waals surface area contributed by atoms with Crippen LogP contribution in [0.4, 0.5) is 0 Å². The van der Waals surface area contributed by atoms with Crippen LogP contribution in [0.15, 0.2) is 48.7 Å². The highest BCUT2D eigenvalue weighted by Gasteiger charge is 2.45. The number of rotatable bonds is 7. The molecule has 0 spiro atoms. The molecule has 2 aromatic rings. The number of aryl methyl sites for hydroxylation is 1. The molecule has 0 saturated carbocycles. The first-order valence-electron chi connectivity index (χ1n) is 11.7. The maximum absolute atomic E-state index is 6.57. The molecule has 32 heavy (non-hydrogen) atoms. The van der Waals surface area contributed by atoms with Gasteiger partial charge in [-0.25, -0.2) is 0 Å². The van der Waals surface area contributed by atoms with Crippen molar-refractivity contribution in [3.8, 4) is 5.75 Å². The summed E-state index contributed by atoms with van der Waals surface area (Å²) in [6.45, 7) is 23.5. The Balaban J connectivity index is 2.34. The molecule has 2 nitrogen and oxygen atoms in total. The highest BCUT2D eigenvalue weighted by molar-refractivity contribution is 6.92. The van der Waals surface area contributed by atoms with Crippen LogP contribution in [-0.2, 0) is 10.2 Å². The fourth-order valence-electron chi connectivity index (χ4n) is 5.45. The van der Waals surface area contributed by atoms with Gasteiger partial charge in [-0.15, -0.1) is 0 Å². The Labute approximate surface area is 198 Å². The molecule has 0 radical (unpaired) electrons. The molecule has 1 unspecified atom stereocenters. The molecule has 4 heteroatoms. The van der Waals surface area contributed by atoms with Gasteiger partial charge in [-0.2, -0.15) is 0 Å². The molecular weight excluding hydrogens is 424 g/mol. The van der Waals surface area contributed by atoms with Gasteiger partial charge >= 0.3 is 0 Å². The van der Waals surface area contributed by atoms with Crippen molar-refractivity contribution in [3.05, 3.63) is 71.0 Å². The maximum Gasteiger partial charge on any atom is 0.122 e. The van der Waals surface area contributed by atoms with E-state index in [0.717, 1.165) is 11.5 Å². The first-order valence-corrected chi connectivity index (χ1v) is 17.7. The van der Waals surface area contributed by atoms with Gasteiger partial charge in [0.25, 0.3) is 0 Å². The van der Waals surface area contributed by atoms with Gasteiger partial charge in [-0.3, -0.25) is 0 Å². The van der Waals surface area contributed by atoms with Crippen LogP contribution in [-0.4, -0.2) is 30.6 Å². The van der Waals surface area contributed by atoms with Gasteiger partial charge in [-0.1, -0.05) is 101 Å². The van der Waals surface area contributed by atoms with E-state index in [1.165, 1.54) is 27.4 Å². The standard InChI is InChI=1S/C28H40O2Si2/c1-11-16-30-25-23(17-19(2)26(31(7)8)24(25)28(3,4)5)32(9,10)27-21-15-13-12-14-20(21)18-22(27)29-6/h11-15,17-18,27,31H,1,16H2,2-10H3. The zero-order valence-electron chi connectivity index (χ0n) is 21.4. The molecular formula is C28H40O2Si2. The van der Waals surface area contributed by atoms with Crippen molar-refractivity contribution in [2.45, 2.75) is 64.8 Å². The lowest BCUT2D eigenvalue weighted by atomic mass is 9.85. The van der Waals surface area contributed by atoms with Crippen LogP contribution < -0.4 is 15.1 Å². The van der Waals surface area contributed by atoms with E-state index in [9.17, 15) is 0 Å². The van der Waals surface area contributed by atoms with Crippen LogP contribution in [0.25, 0.3) is 6.08 Å². The predicted molar refractivity (Wildman–Crippen MR) is 145 cm³/mol. The number of hydrogen-bond acceptors (Lipinski definition) is 2. The van der Waals surface area contributed by atoms with Gasteiger partial charge in [0.1, 0.15) is 26.2 Å². The summed E-state index contributed by atoms with van der Waals surface area (Å²) >= 11 is 0. The molecule has 0 saturated heterocycles. The Morgan fingerprint density at radius 1 is 1.16 bits per heavy atom. The maximum atomic E-state index is 6.57. The molecule has 1 aliphatic rings. The molecule has 0 amide bonds. The molecule has 0 aliphatic heterocycles. The van der Waals surface area contributed by atoms with Gasteiger partial charge in [-0.05, 0) is 40.3 Å². The lowest BCUT2D eigenvalue weighted by Crippen LogP contribution is -2.51. The summed E-state index contributed by atoms with van der Waals surface area (Å²) < 4.78 is 12.5. The van der Waals surface area contributed by atoms with E-state index in [1.54, 1.807) is 5.19 Å². The van der Waals surface area contributed by atoms with Crippen LogP contribution in [0.5, 0.6) is 5.75 Å². The van der Waals surface area contributed by atoms with Crippen LogP contribution in [0.3, 0.4) is 0 Å². The van der Waals surface area contributed by atoms with Crippen molar-refractivity contribution < 1.29 is 9.47 Å². The summed E-state index contributed by atoms with van der Waals surface area (Å²) in [7, 11) is -1.37. The zero-order chi connectivity index (χ0) is 23.8. The Bertz CT molecular complexity index is 1040. The Morgan fingerprint density at radius 3 is 2.38 bits per heavy atom. The first kappa shape index (κ1) is 24.6. The molecule has 1 atom stereocenters. The lowest BCUT2D eigenvalue weighted by molar-refractivity contribution is 0.285. The van der Waals surface area contributed by atoms with Crippen molar-refractivity contribution in [2.24, 2.45) is 0 Å². The topological polar surface area (TPSA) is 18.5 Å². The zero-order valence-corrected chi connectivity index (χ0v) is 23.6. The Hall–Kier alpha value is -2.05. The quantitative estimate of drug-likeness (QED) is 0.381. The van der Waals surface area contributed by atoms with Gasteiger partial charge < -0.3 is 9.47 Å². The first-order chi connectivity index (χ1) is 14.9. The summed E-state index contributed by atoms with van der Waals surface area (Å²) in [6.07, 6.45) is 4.09. The monoisotopic (exact) mass is 464 g/mol. The predicted octanol–water partition coefficient (Wildman–Crippen LogP) is 5.79. The van der Waals surface area contributed by atoms with Gasteiger partial charge in [0.15, 0.2) is 0 Å². The molecule has 172 valence electrons. The Morgan fingerprint density at radius 2 is 1.81 bits per heavy atom. The third-order valence-electron chi connectivity index (χ3n) is 6.74. The molecule has 3 rings (SSSR count). The van der Waals surface area contributed by atoms with Crippen molar-refractivity contribution in [1.29, 1.82) is 0 Å². The van der Waals surface area contributed by atoms with Gasteiger partial charge in [0.2, 0.25) is 0 Å². The normalized spacial score (nSPS) is 16.1. The minimum atomic E-state index is -2.11. The molecule has 2 aromatic carbocycles. The number of fused-ring (bicyclic) bond motifs is 1. The van der Waals surface area contributed by atoms with E-state index < -0.39 is 16.9 Å². The average molecular weight is 465 g/mol. The Kier molecular flexibility index (Phi) is 6.97. The molecule has 0 bridgehead atoms. The summed E-state index contributed by atoms with van der Waals surface area (Å²) in [6, 6.07) is 11.2. The highest BCUT2D eigenvalue weighted by Crippen LogP contribution is 2.44. The fraction of sp³-hybridized carbons (Fsp3) is 0.429. The minimum absolute atomic E-state index is 0.00185. The van der Waals surface area contributed by atoms with Gasteiger partial charge in [0, 0.05) is 5.54 Å². The van der Waals surface area contributed by atoms with Crippen molar-refractivity contribution in [2.75, 3.05) is 13.7 Å². The molecule has 0 fully saturated rings. The van der Waals surface area contributed by atoms with Crippen molar-refractivity contribution >= 4 is 33.3 Å². The van der Waals surface area contributed by atoms with Crippen molar-refractivity contribution in [3.63, 3.8) is 0 Å². The molecule has 0 aromatic heterocycles. The number of hydrogen-bond donors (Lipinski definition) is 0. The summed E-state index contributed by atoms with van der Waals surface area (Å²) in [5.74, 6) is 2.19.